The number of hydrogen-bond acceptors (Lipinski definition) is 3. The normalized spacial score (nSPS) is 30.5. The fourth-order valence-corrected chi connectivity index (χ4v) is 3.47. The second-order valence-electron chi connectivity index (χ2n) is 5.81. The highest BCUT2D eigenvalue weighted by molar-refractivity contribution is 5.92. The molecule has 2 saturated heterocycles. The molecular weight excluding hydrogens is 238 g/mol. The van der Waals surface area contributed by atoms with Crippen LogP contribution in [0, 0.1) is 11.8 Å². The van der Waals surface area contributed by atoms with E-state index in [1.807, 2.05) is 24.3 Å². The average Bonchev–Trinajstić information content (AvgIpc) is 2.95. The van der Waals surface area contributed by atoms with Gasteiger partial charge in [0.25, 0.3) is 0 Å². The van der Waals surface area contributed by atoms with Crippen LogP contribution in [0.2, 0.25) is 0 Å². The number of carbonyl (C=O) groups excluding carboxylic acids is 1. The van der Waals surface area contributed by atoms with Crippen molar-refractivity contribution in [2.75, 3.05) is 19.6 Å². The number of carbonyl (C=O) groups is 1. The smallest absolute Gasteiger partial charge is 0.248 e. The van der Waals surface area contributed by atoms with E-state index in [4.69, 9.17) is 5.73 Å². The first-order chi connectivity index (χ1) is 9.15. The fourth-order valence-electron chi connectivity index (χ4n) is 3.47. The first-order valence-corrected chi connectivity index (χ1v) is 6.98. The number of amides is 1. The van der Waals surface area contributed by atoms with Gasteiger partial charge in [-0.05, 0) is 49.5 Å². The van der Waals surface area contributed by atoms with Crippen LogP contribution in [0.3, 0.4) is 0 Å². The van der Waals surface area contributed by atoms with Gasteiger partial charge in [0.1, 0.15) is 0 Å². The molecule has 0 aliphatic carbocycles. The second kappa shape index (κ2) is 4.94. The monoisotopic (exact) mass is 259 g/mol. The lowest BCUT2D eigenvalue weighted by atomic mass is 9.95. The summed E-state index contributed by atoms with van der Waals surface area (Å²) in [5.74, 6) is 1.24. The second-order valence-corrected chi connectivity index (χ2v) is 5.81. The van der Waals surface area contributed by atoms with Gasteiger partial charge in [-0.15, -0.1) is 0 Å². The van der Waals surface area contributed by atoms with Crippen LogP contribution in [-0.2, 0) is 6.54 Å². The lowest BCUT2D eigenvalue weighted by molar-refractivity contribution is 0.100. The van der Waals surface area contributed by atoms with Gasteiger partial charge in [0, 0.05) is 24.7 Å². The summed E-state index contributed by atoms with van der Waals surface area (Å²) in [6.07, 6.45) is 0. The number of benzene rings is 1. The van der Waals surface area contributed by atoms with E-state index in [1.165, 1.54) is 12.1 Å². The Bertz CT molecular complexity index is 471. The van der Waals surface area contributed by atoms with E-state index in [-0.39, 0.29) is 5.91 Å². The molecule has 2 aliphatic heterocycles. The van der Waals surface area contributed by atoms with Gasteiger partial charge in [-0.2, -0.15) is 0 Å². The van der Waals surface area contributed by atoms with Crippen molar-refractivity contribution in [1.82, 2.24) is 10.2 Å². The minimum atomic E-state index is -0.360. The van der Waals surface area contributed by atoms with Crippen LogP contribution < -0.4 is 11.1 Å². The van der Waals surface area contributed by atoms with Gasteiger partial charge in [-0.1, -0.05) is 12.1 Å². The minimum Gasteiger partial charge on any atom is -0.366 e. The molecule has 1 aromatic carbocycles. The van der Waals surface area contributed by atoms with E-state index >= 15 is 0 Å². The molecule has 0 aromatic heterocycles. The van der Waals surface area contributed by atoms with Gasteiger partial charge >= 0.3 is 0 Å². The fraction of sp³-hybridized carbons (Fsp3) is 0.533. The van der Waals surface area contributed by atoms with Gasteiger partial charge in [0.2, 0.25) is 5.91 Å². The van der Waals surface area contributed by atoms with Crippen molar-refractivity contribution in [3.8, 4) is 0 Å². The molecule has 0 radical (unpaired) electrons. The van der Waals surface area contributed by atoms with Crippen LogP contribution in [0.5, 0.6) is 0 Å². The first kappa shape index (κ1) is 12.6. The van der Waals surface area contributed by atoms with Crippen molar-refractivity contribution < 1.29 is 4.79 Å². The summed E-state index contributed by atoms with van der Waals surface area (Å²) in [5, 5.41) is 3.48. The number of nitrogens with one attached hydrogen (secondary N) is 1. The molecular formula is C15H21N3O. The quantitative estimate of drug-likeness (QED) is 0.845. The molecule has 3 rings (SSSR count). The summed E-state index contributed by atoms with van der Waals surface area (Å²) < 4.78 is 0. The van der Waals surface area contributed by atoms with Gasteiger partial charge in [0.05, 0.1) is 0 Å². The Morgan fingerprint density at radius 2 is 2.11 bits per heavy atom. The Labute approximate surface area is 114 Å². The van der Waals surface area contributed by atoms with Crippen LogP contribution in [0.4, 0.5) is 0 Å². The summed E-state index contributed by atoms with van der Waals surface area (Å²) in [7, 11) is 0. The SMILES string of the molecule is CC1C2CNCC2CN1Cc1ccc(C(N)=O)cc1. The lowest BCUT2D eigenvalue weighted by Crippen LogP contribution is -2.32. The van der Waals surface area contributed by atoms with Crippen molar-refractivity contribution in [2.45, 2.75) is 19.5 Å². The van der Waals surface area contributed by atoms with E-state index < -0.39 is 0 Å². The predicted octanol–water partition coefficient (Wildman–Crippen LogP) is 0.825. The summed E-state index contributed by atoms with van der Waals surface area (Å²) in [6.45, 7) is 6.79. The molecule has 0 spiro atoms. The maximum absolute atomic E-state index is 11.0. The van der Waals surface area contributed by atoms with Gasteiger partial charge in [-0.25, -0.2) is 0 Å². The number of primary amides is 1. The number of fused-ring (bicyclic) bond motifs is 1. The van der Waals surface area contributed by atoms with Crippen molar-refractivity contribution in [3.05, 3.63) is 35.4 Å². The predicted molar refractivity (Wildman–Crippen MR) is 74.7 cm³/mol. The molecule has 19 heavy (non-hydrogen) atoms. The van der Waals surface area contributed by atoms with Gasteiger partial charge in [0.15, 0.2) is 0 Å². The average molecular weight is 259 g/mol. The highest BCUT2D eigenvalue weighted by Crippen LogP contribution is 2.33. The Morgan fingerprint density at radius 1 is 1.37 bits per heavy atom. The molecule has 4 nitrogen and oxygen atoms in total. The largest absolute Gasteiger partial charge is 0.366 e. The van der Waals surface area contributed by atoms with E-state index in [2.05, 4.69) is 17.1 Å². The van der Waals surface area contributed by atoms with Crippen LogP contribution in [-0.4, -0.2) is 36.5 Å². The third-order valence-corrected chi connectivity index (χ3v) is 4.68. The van der Waals surface area contributed by atoms with Crippen LogP contribution in [0.1, 0.15) is 22.8 Å². The molecule has 4 heteroatoms. The molecule has 3 unspecified atom stereocenters. The zero-order chi connectivity index (χ0) is 13.4. The zero-order valence-electron chi connectivity index (χ0n) is 11.3. The Hall–Kier alpha value is -1.39. The number of nitrogens with zero attached hydrogens (tertiary/aromatic N) is 1. The van der Waals surface area contributed by atoms with Crippen molar-refractivity contribution in [2.24, 2.45) is 17.6 Å². The summed E-state index contributed by atoms with van der Waals surface area (Å²) >= 11 is 0. The Morgan fingerprint density at radius 3 is 2.74 bits per heavy atom. The standard InChI is InChI=1S/C15H21N3O/c1-10-14-7-17-6-13(14)9-18(10)8-11-2-4-12(5-3-11)15(16)19/h2-5,10,13-14,17H,6-9H2,1H3,(H2,16,19). The Balaban J connectivity index is 1.67. The van der Waals surface area contributed by atoms with Crippen LogP contribution in [0.25, 0.3) is 0 Å². The highest BCUT2D eigenvalue weighted by Gasteiger charge is 2.41. The molecule has 3 atom stereocenters. The molecule has 0 bridgehead atoms. The van der Waals surface area contributed by atoms with E-state index in [0.717, 1.165) is 31.5 Å². The van der Waals surface area contributed by atoms with Crippen LogP contribution >= 0.6 is 0 Å². The first-order valence-electron chi connectivity index (χ1n) is 6.98. The summed E-state index contributed by atoms with van der Waals surface area (Å²) in [6, 6.07) is 8.30. The lowest BCUT2D eigenvalue weighted by Gasteiger charge is -2.24. The maximum Gasteiger partial charge on any atom is 0.248 e. The summed E-state index contributed by atoms with van der Waals surface area (Å²) in [5.41, 5.74) is 7.09. The van der Waals surface area contributed by atoms with Crippen molar-refractivity contribution >= 4 is 5.91 Å². The molecule has 3 N–H and O–H groups in total. The molecule has 1 amide bonds. The Kier molecular flexibility index (Phi) is 3.29. The molecule has 2 aliphatic rings. The summed E-state index contributed by atoms with van der Waals surface area (Å²) in [4.78, 5) is 13.6. The topological polar surface area (TPSA) is 58.4 Å². The number of hydrogen-bond donors (Lipinski definition) is 2. The van der Waals surface area contributed by atoms with Gasteiger partial charge in [-0.3, -0.25) is 9.69 Å². The van der Waals surface area contributed by atoms with Gasteiger partial charge < -0.3 is 11.1 Å². The number of rotatable bonds is 3. The number of nitrogens with two attached hydrogens (primary N) is 1. The molecule has 0 saturated carbocycles. The zero-order valence-corrected chi connectivity index (χ0v) is 11.3. The molecule has 102 valence electrons. The van der Waals surface area contributed by atoms with E-state index in [1.54, 1.807) is 0 Å². The highest BCUT2D eigenvalue weighted by atomic mass is 16.1. The van der Waals surface area contributed by atoms with E-state index in [0.29, 0.717) is 11.6 Å². The van der Waals surface area contributed by atoms with Crippen molar-refractivity contribution in [1.29, 1.82) is 0 Å². The maximum atomic E-state index is 11.0. The van der Waals surface area contributed by atoms with Crippen LogP contribution in [0.15, 0.2) is 24.3 Å². The molecule has 1 aromatic rings. The van der Waals surface area contributed by atoms with E-state index in [9.17, 15) is 4.79 Å². The molecule has 2 fully saturated rings. The van der Waals surface area contributed by atoms with Crippen molar-refractivity contribution in [3.63, 3.8) is 0 Å². The third-order valence-electron chi connectivity index (χ3n) is 4.68. The third kappa shape index (κ3) is 2.38. The minimum absolute atomic E-state index is 0.360. The molecule has 2 heterocycles. The number of likely N-dealkylation sites (tertiary alicyclic amines) is 1.